The smallest absolute Gasteiger partial charge is 0.229 e. The minimum Gasteiger partial charge on any atom is -0.385 e. The summed E-state index contributed by atoms with van der Waals surface area (Å²) in [6.45, 7) is 1.58. The molecule has 0 spiro atoms. The number of nitriles is 1. The maximum Gasteiger partial charge on any atom is 0.229 e. The number of carbonyl (C=O) groups is 1. The van der Waals surface area contributed by atoms with Crippen molar-refractivity contribution in [3.8, 4) is 6.07 Å². The zero-order chi connectivity index (χ0) is 20.6. The average Bonchev–Trinajstić information content (AvgIpc) is 2.99. The first-order valence-corrected chi connectivity index (χ1v) is 9.58. The maximum absolute atomic E-state index is 14.5. The maximum atomic E-state index is 14.5. The largest absolute Gasteiger partial charge is 0.385 e. The van der Waals surface area contributed by atoms with Crippen molar-refractivity contribution >= 4 is 22.9 Å². The predicted molar refractivity (Wildman–Crippen MR) is 107 cm³/mol. The fourth-order valence-electron chi connectivity index (χ4n) is 3.70. The van der Waals surface area contributed by atoms with Gasteiger partial charge in [0.2, 0.25) is 11.9 Å². The molecule has 0 radical (unpaired) electrons. The molecule has 7 heteroatoms. The molecule has 2 aromatic carbocycles. The molecule has 0 saturated heterocycles. The summed E-state index contributed by atoms with van der Waals surface area (Å²) in [5, 5.41) is 22.6. The SMILES string of the molecule is CC(O)(CC(=O)Nc1nc2c(F)cc(C#N)cc2n1C1CCC1)c1ccccc1. The van der Waals surface area contributed by atoms with Crippen molar-refractivity contribution in [1.29, 1.82) is 5.26 Å². The van der Waals surface area contributed by atoms with Crippen molar-refractivity contribution in [3.63, 3.8) is 0 Å². The highest BCUT2D eigenvalue weighted by atomic mass is 19.1. The lowest BCUT2D eigenvalue weighted by Crippen LogP contribution is -2.30. The number of aliphatic hydroxyl groups is 1. The molecule has 1 atom stereocenters. The highest BCUT2D eigenvalue weighted by Gasteiger charge is 2.30. The van der Waals surface area contributed by atoms with Crippen LogP contribution in [0.2, 0.25) is 0 Å². The number of benzene rings is 2. The Balaban J connectivity index is 1.66. The summed E-state index contributed by atoms with van der Waals surface area (Å²) < 4.78 is 16.3. The molecule has 6 nitrogen and oxygen atoms in total. The van der Waals surface area contributed by atoms with Gasteiger partial charge in [-0.3, -0.25) is 10.1 Å². The second-order valence-electron chi connectivity index (χ2n) is 7.69. The van der Waals surface area contributed by atoms with Crippen molar-refractivity contribution in [2.75, 3.05) is 5.32 Å². The standard InChI is InChI=1S/C22H21FN4O2/c1-22(29,15-6-3-2-4-7-15)12-19(28)25-21-26-20-17(23)10-14(13-24)11-18(20)27(21)16-8-5-9-16/h2-4,6-7,10-11,16,29H,5,8-9,12H2,1H3,(H,25,26,28). The molecule has 1 amide bonds. The number of nitrogens with zero attached hydrogens (tertiary/aromatic N) is 3. The van der Waals surface area contributed by atoms with Crippen LogP contribution in [0.25, 0.3) is 11.0 Å². The number of aromatic nitrogens is 2. The number of hydrogen-bond acceptors (Lipinski definition) is 4. The van der Waals surface area contributed by atoms with Gasteiger partial charge >= 0.3 is 0 Å². The van der Waals surface area contributed by atoms with E-state index >= 15 is 0 Å². The molecule has 4 rings (SSSR count). The molecule has 1 saturated carbocycles. The molecule has 1 aromatic heterocycles. The lowest BCUT2D eigenvalue weighted by molar-refractivity contribution is -0.120. The van der Waals surface area contributed by atoms with Gasteiger partial charge in [-0.2, -0.15) is 5.26 Å². The van der Waals surface area contributed by atoms with Crippen molar-refractivity contribution in [2.45, 2.75) is 44.2 Å². The molecule has 1 aliphatic carbocycles. The highest BCUT2D eigenvalue weighted by Crippen LogP contribution is 2.38. The van der Waals surface area contributed by atoms with E-state index in [9.17, 15) is 14.3 Å². The minimum absolute atomic E-state index is 0.0956. The van der Waals surface area contributed by atoms with E-state index < -0.39 is 17.3 Å². The molecule has 1 aliphatic rings. The molecule has 29 heavy (non-hydrogen) atoms. The van der Waals surface area contributed by atoms with E-state index in [1.807, 2.05) is 12.1 Å². The Hall–Kier alpha value is -3.24. The van der Waals surface area contributed by atoms with Crippen LogP contribution in [0.15, 0.2) is 42.5 Å². The molecule has 3 aromatic rings. The van der Waals surface area contributed by atoms with Crippen LogP contribution in [-0.2, 0) is 10.4 Å². The van der Waals surface area contributed by atoms with Crippen LogP contribution in [-0.4, -0.2) is 20.6 Å². The Morgan fingerprint density at radius 2 is 2.10 bits per heavy atom. The van der Waals surface area contributed by atoms with E-state index in [1.54, 1.807) is 41.8 Å². The van der Waals surface area contributed by atoms with Gasteiger partial charge in [0.05, 0.1) is 29.2 Å². The molecule has 1 unspecified atom stereocenters. The van der Waals surface area contributed by atoms with Crippen molar-refractivity contribution < 1.29 is 14.3 Å². The average molecular weight is 392 g/mol. The summed E-state index contributed by atoms with van der Waals surface area (Å²) in [7, 11) is 0. The summed E-state index contributed by atoms with van der Waals surface area (Å²) in [5.41, 5.74) is 0.114. The van der Waals surface area contributed by atoms with Crippen molar-refractivity contribution in [3.05, 3.63) is 59.4 Å². The first kappa shape index (κ1) is 19.1. The van der Waals surface area contributed by atoms with Crippen molar-refractivity contribution in [2.24, 2.45) is 0 Å². The fourth-order valence-corrected chi connectivity index (χ4v) is 3.70. The summed E-state index contributed by atoms with van der Waals surface area (Å²) in [6.07, 6.45) is 2.67. The molecule has 148 valence electrons. The number of amides is 1. The van der Waals surface area contributed by atoms with Gasteiger partial charge < -0.3 is 9.67 Å². The lowest BCUT2D eigenvalue weighted by atomic mass is 9.92. The Morgan fingerprint density at radius 3 is 2.72 bits per heavy atom. The molecule has 0 aliphatic heterocycles. The van der Waals surface area contributed by atoms with Crippen LogP contribution in [0.4, 0.5) is 10.3 Å². The number of nitrogens with one attached hydrogen (secondary N) is 1. The van der Waals surface area contributed by atoms with E-state index in [-0.39, 0.29) is 29.5 Å². The number of imidazole rings is 1. The topological polar surface area (TPSA) is 90.9 Å². The van der Waals surface area contributed by atoms with Gasteiger partial charge in [0.25, 0.3) is 0 Å². The molecule has 1 fully saturated rings. The predicted octanol–water partition coefficient (Wildman–Crippen LogP) is 4.01. The van der Waals surface area contributed by atoms with Gasteiger partial charge in [0, 0.05) is 6.04 Å². The van der Waals surface area contributed by atoms with E-state index in [0.717, 1.165) is 25.3 Å². The molecular weight excluding hydrogens is 371 g/mol. The van der Waals surface area contributed by atoms with Crippen LogP contribution >= 0.6 is 0 Å². The van der Waals surface area contributed by atoms with Gasteiger partial charge in [-0.15, -0.1) is 0 Å². The Morgan fingerprint density at radius 1 is 1.38 bits per heavy atom. The Labute approximate surface area is 167 Å². The third-order valence-corrected chi connectivity index (χ3v) is 5.47. The molecular formula is C22H21FN4O2. The second kappa shape index (κ2) is 7.30. The van der Waals surface area contributed by atoms with Crippen LogP contribution in [0.1, 0.15) is 49.8 Å². The van der Waals surface area contributed by atoms with Gasteiger partial charge in [-0.25, -0.2) is 9.37 Å². The van der Waals surface area contributed by atoms with Gasteiger partial charge in [-0.1, -0.05) is 30.3 Å². The van der Waals surface area contributed by atoms with Crippen LogP contribution in [0.5, 0.6) is 0 Å². The monoisotopic (exact) mass is 392 g/mol. The van der Waals surface area contributed by atoms with Gasteiger partial charge in [0.15, 0.2) is 5.82 Å². The summed E-state index contributed by atoms with van der Waals surface area (Å²) >= 11 is 0. The quantitative estimate of drug-likeness (QED) is 0.686. The van der Waals surface area contributed by atoms with E-state index in [1.165, 1.54) is 0 Å². The molecule has 2 N–H and O–H groups in total. The lowest BCUT2D eigenvalue weighted by Gasteiger charge is -2.29. The minimum atomic E-state index is -1.35. The number of rotatable bonds is 5. The van der Waals surface area contributed by atoms with Gasteiger partial charge in [0.1, 0.15) is 5.52 Å². The second-order valence-corrected chi connectivity index (χ2v) is 7.69. The number of hydrogen-bond donors (Lipinski definition) is 2. The summed E-state index contributed by atoms with van der Waals surface area (Å²) in [4.78, 5) is 17.0. The van der Waals surface area contributed by atoms with E-state index in [2.05, 4.69) is 10.3 Å². The summed E-state index contributed by atoms with van der Waals surface area (Å²) in [5.74, 6) is -0.771. The number of carbonyl (C=O) groups excluding carboxylic acids is 1. The number of fused-ring (bicyclic) bond motifs is 1. The van der Waals surface area contributed by atoms with Crippen LogP contribution in [0, 0.1) is 17.1 Å². The highest BCUT2D eigenvalue weighted by molar-refractivity contribution is 5.92. The zero-order valence-corrected chi connectivity index (χ0v) is 16.0. The number of anilines is 1. The molecule has 1 heterocycles. The Kier molecular flexibility index (Phi) is 4.81. The number of halogens is 1. The fraction of sp³-hybridized carbons (Fsp3) is 0.318. The first-order valence-electron chi connectivity index (χ1n) is 9.58. The zero-order valence-electron chi connectivity index (χ0n) is 16.0. The Bertz CT molecular complexity index is 1110. The van der Waals surface area contributed by atoms with E-state index in [4.69, 9.17) is 5.26 Å². The molecule has 0 bridgehead atoms. The van der Waals surface area contributed by atoms with Crippen molar-refractivity contribution in [1.82, 2.24) is 9.55 Å². The first-order chi connectivity index (χ1) is 13.9. The van der Waals surface area contributed by atoms with Crippen LogP contribution < -0.4 is 5.32 Å². The third-order valence-electron chi connectivity index (χ3n) is 5.47. The third kappa shape index (κ3) is 3.59. The van der Waals surface area contributed by atoms with E-state index in [0.29, 0.717) is 11.1 Å². The van der Waals surface area contributed by atoms with Crippen LogP contribution in [0.3, 0.4) is 0 Å². The normalized spacial score (nSPS) is 16.1. The summed E-state index contributed by atoms with van der Waals surface area (Å²) in [6, 6.07) is 13.8. The van der Waals surface area contributed by atoms with Gasteiger partial charge in [-0.05, 0) is 43.9 Å².